The molecule has 2 N–H and O–H groups in total. The van der Waals surface area contributed by atoms with E-state index in [9.17, 15) is 19.8 Å². The molecular weight excluding hydrogens is 450 g/mol. The zero-order valence-corrected chi connectivity index (χ0v) is 20.9. The van der Waals surface area contributed by atoms with Gasteiger partial charge in [0.1, 0.15) is 11.5 Å². The van der Waals surface area contributed by atoms with Crippen LogP contribution >= 0.6 is 11.6 Å². The van der Waals surface area contributed by atoms with Gasteiger partial charge >= 0.3 is 0 Å². The lowest BCUT2D eigenvalue weighted by atomic mass is 9.84. The van der Waals surface area contributed by atoms with Gasteiger partial charge in [-0.2, -0.15) is 0 Å². The number of Topliss-reactive ketones (excluding diaryl/α,β-unsaturated/α-hetero) is 1. The number of rotatable bonds is 3. The predicted molar refractivity (Wildman–Crippen MR) is 134 cm³/mol. The maximum Gasteiger partial charge on any atom is 0.295 e. The molecule has 2 aromatic rings. The Morgan fingerprint density at radius 2 is 1.71 bits per heavy atom. The molecule has 0 spiro atoms. The number of carbonyl (C=O) groups is 2. The summed E-state index contributed by atoms with van der Waals surface area (Å²) in [6.07, 6.45) is 4.71. The molecule has 1 saturated heterocycles. The molecule has 180 valence electrons. The number of hydrogen-bond acceptors (Lipinski definition) is 4. The number of nitrogens with zero attached hydrogens (tertiary/aromatic N) is 1. The fourth-order valence-corrected chi connectivity index (χ4v) is 5.28. The van der Waals surface area contributed by atoms with E-state index < -0.39 is 17.7 Å². The summed E-state index contributed by atoms with van der Waals surface area (Å²) in [5.41, 5.74) is 2.90. The maximum absolute atomic E-state index is 13.4. The van der Waals surface area contributed by atoms with Crippen molar-refractivity contribution in [2.75, 3.05) is 0 Å². The van der Waals surface area contributed by atoms with Gasteiger partial charge in [-0.25, -0.2) is 0 Å². The highest BCUT2D eigenvalue weighted by molar-refractivity contribution is 6.46. The molecule has 5 nitrogen and oxygen atoms in total. The Kier molecular flexibility index (Phi) is 6.52. The number of benzene rings is 2. The van der Waals surface area contributed by atoms with E-state index in [-0.39, 0.29) is 33.6 Å². The van der Waals surface area contributed by atoms with Crippen LogP contribution in [-0.2, 0) is 15.0 Å². The van der Waals surface area contributed by atoms with Crippen LogP contribution in [0.25, 0.3) is 5.76 Å². The molecule has 1 saturated carbocycles. The number of phenolic OH excluding ortho intramolecular Hbond substituents is 1. The van der Waals surface area contributed by atoms with Gasteiger partial charge in [0.2, 0.25) is 0 Å². The van der Waals surface area contributed by atoms with Crippen LogP contribution in [0.3, 0.4) is 0 Å². The predicted octanol–water partition coefficient (Wildman–Crippen LogP) is 6.41. The van der Waals surface area contributed by atoms with Crippen molar-refractivity contribution in [1.82, 2.24) is 4.90 Å². The van der Waals surface area contributed by atoms with Crippen LogP contribution < -0.4 is 0 Å². The number of aryl methyl sites for hydroxylation is 1. The lowest BCUT2D eigenvalue weighted by Gasteiger charge is -2.35. The lowest BCUT2D eigenvalue weighted by molar-refractivity contribution is -0.141. The fraction of sp³-hybridized carbons (Fsp3) is 0.429. The standard InChI is InChI=1S/C28H32ClNO4/c1-16-10-12-18(28(2,3)4)15-20(16)25(32)23-24(17-11-13-22(31)21(29)14-17)30(27(34)26(23)33)19-8-6-5-7-9-19/h10-15,19,24,31-32H,5-9H2,1-4H3/b25-23+. The first-order valence-electron chi connectivity index (χ1n) is 11.9. The minimum absolute atomic E-state index is 0.0752. The highest BCUT2D eigenvalue weighted by Crippen LogP contribution is 2.44. The quantitative estimate of drug-likeness (QED) is 0.302. The van der Waals surface area contributed by atoms with E-state index in [0.717, 1.165) is 43.2 Å². The fourth-order valence-electron chi connectivity index (χ4n) is 5.10. The van der Waals surface area contributed by atoms with Crippen LogP contribution in [0.4, 0.5) is 0 Å². The number of ketones is 1. The van der Waals surface area contributed by atoms with Crippen molar-refractivity contribution in [3.05, 3.63) is 69.2 Å². The Labute approximate surface area is 206 Å². The molecule has 0 bridgehead atoms. The smallest absolute Gasteiger partial charge is 0.295 e. The van der Waals surface area contributed by atoms with Crippen molar-refractivity contribution in [1.29, 1.82) is 0 Å². The van der Waals surface area contributed by atoms with Crippen LogP contribution in [0.2, 0.25) is 5.02 Å². The van der Waals surface area contributed by atoms with Crippen molar-refractivity contribution in [2.45, 2.75) is 77.3 Å². The average molecular weight is 482 g/mol. The zero-order chi connectivity index (χ0) is 24.8. The second-order valence-electron chi connectivity index (χ2n) is 10.5. The van der Waals surface area contributed by atoms with Gasteiger partial charge in [-0.3, -0.25) is 9.59 Å². The van der Waals surface area contributed by atoms with E-state index in [0.29, 0.717) is 11.1 Å². The SMILES string of the molecule is Cc1ccc(C(C)(C)C)cc1/C(O)=C1\C(=O)C(=O)N(C2CCCCC2)C1c1ccc(O)c(Cl)c1. The highest BCUT2D eigenvalue weighted by atomic mass is 35.5. The van der Waals surface area contributed by atoms with Gasteiger partial charge in [-0.05, 0) is 60.1 Å². The molecule has 1 amide bonds. The summed E-state index contributed by atoms with van der Waals surface area (Å²) >= 11 is 6.22. The Hall–Kier alpha value is -2.79. The molecule has 2 aromatic carbocycles. The normalized spacial score (nSPS) is 21.3. The second kappa shape index (κ2) is 9.10. The third kappa shape index (κ3) is 4.34. The number of amides is 1. The van der Waals surface area contributed by atoms with Gasteiger partial charge in [0.15, 0.2) is 0 Å². The molecule has 1 heterocycles. The monoisotopic (exact) mass is 481 g/mol. The number of likely N-dealkylation sites (tertiary alicyclic amines) is 1. The van der Waals surface area contributed by atoms with Gasteiger partial charge in [0.25, 0.3) is 11.7 Å². The molecular formula is C28H32ClNO4. The second-order valence-corrected chi connectivity index (χ2v) is 10.9. The first kappa shape index (κ1) is 24.3. The van der Waals surface area contributed by atoms with E-state index in [1.165, 1.54) is 6.07 Å². The number of hydrogen-bond donors (Lipinski definition) is 2. The Balaban J connectivity index is 1.93. The van der Waals surface area contributed by atoms with E-state index >= 15 is 0 Å². The Morgan fingerprint density at radius 1 is 1.03 bits per heavy atom. The van der Waals surface area contributed by atoms with Gasteiger partial charge in [0, 0.05) is 11.6 Å². The molecule has 1 unspecified atom stereocenters. The summed E-state index contributed by atoms with van der Waals surface area (Å²) in [6, 6.07) is 9.70. The largest absolute Gasteiger partial charge is 0.507 e. The summed E-state index contributed by atoms with van der Waals surface area (Å²) in [5.74, 6) is -1.52. The molecule has 2 aliphatic rings. The molecule has 1 aliphatic heterocycles. The minimum Gasteiger partial charge on any atom is -0.507 e. The Morgan fingerprint density at radius 3 is 2.32 bits per heavy atom. The molecule has 2 fully saturated rings. The average Bonchev–Trinajstić information content (AvgIpc) is 3.06. The summed E-state index contributed by atoms with van der Waals surface area (Å²) in [4.78, 5) is 28.4. The first-order chi connectivity index (χ1) is 16.0. The van der Waals surface area contributed by atoms with Crippen LogP contribution in [0, 0.1) is 6.92 Å². The highest BCUT2D eigenvalue weighted by Gasteiger charge is 2.49. The molecule has 1 aliphatic carbocycles. The van der Waals surface area contributed by atoms with Crippen molar-refractivity contribution in [3.8, 4) is 5.75 Å². The molecule has 0 aromatic heterocycles. The number of carbonyl (C=O) groups excluding carboxylic acids is 2. The zero-order valence-electron chi connectivity index (χ0n) is 20.2. The van der Waals surface area contributed by atoms with Crippen molar-refractivity contribution in [3.63, 3.8) is 0 Å². The van der Waals surface area contributed by atoms with Crippen LogP contribution in [-0.4, -0.2) is 32.8 Å². The molecule has 6 heteroatoms. The first-order valence-corrected chi connectivity index (χ1v) is 12.3. The van der Waals surface area contributed by atoms with E-state index in [1.54, 1.807) is 17.0 Å². The lowest BCUT2D eigenvalue weighted by Crippen LogP contribution is -2.40. The van der Waals surface area contributed by atoms with Crippen molar-refractivity contribution >= 4 is 29.1 Å². The minimum atomic E-state index is -0.765. The number of aromatic hydroxyl groups is 1. The van der Waals surface area contributed by atoms with Gasteiger partial charge < -0.3 is 15.1 Å². The number of aliphatic hydroxyl groups is 1. The van der Waals surface area contributed by atoms with Crippen LogP contribution in [0.15, 0.2) is 42.0 Å². The molecule has 4 rings (SSSR count). The summed E-state index contributed by atoms with van der Waals surface area (Å²) in [6.45, 7) is 8.14. The number of halogens is 1. The molecule has 34 heavy (non-hydrogen) atoms. The maximum atomic E-state index is 13.4. The topological polar surface area (TPSA) is 77.8 Å². The van der Waals surface area contributed by atoms with Gasteiger partial charge in [-0.15, -0.1) is 0 Å². The number of aliphatic hydroxyl groups excluding tert-OH is 1. The summed E-state index contributed by atoms with van der Waals surface area (Å²) < 4.78 is 0. The molecule has 0 radical (unpaired) electrons. The van der Waals surface area contributed by atoms with Crippen LogP contribution in [0.5, 0.6) is 5.75 Å². The van der Waals surface area contributed by atoms with Gasteiger partial charge in [-0.1, -0.05) is 69.8 Å². The van der Waals surface area contributed by atoms with Crippen molar-refractivity contribution in [2.24, 2.45) is 0 Å². The molecule has 1 atom stereocenters. The number of phenols is 1. The summed E-state index contributed by atoms with van der Waals surface area (Å²) in [7, 11) is 0. The van der Waals surface area contributed by atoms with Crippen molar-refractivity contribution < 1.29 is 19.8 Å². The van der Waals surface area contributed by atoms with E-state index in [1.807, 2.05) is 25.1 Å². The van der Waals surface area contributed by atoms with E-state index in [2.05, 4.69) is 20.8 Å². The Bertz CT molecular complexity index is 1170. The summed E-state index contributed by atoms with van der Waals surface area (Å²) in [5, 5.41) is 21.6. The van der Waals surface area contributed by atoms with Gasteiger partial charge in [0.05, 0.1) is 16.6 Å². The third-order valence-electron chi connectivity index (χ3n) is 7.09. The van der Waals surface area contributed by atoms with Crippen LogP contribution in [0.1, 0.15) is 81.2 Å². The van der Waals surface area contributed by atoms with E-state index in [4.69, 9.17) is 11.6 Å². The third-order valence-corrected chi connectivity index (χ3v) is 7.40.